The Bertz CT molecular complexity index is 1870. The molecular formula is C34H26Br2ClF5I2N4O4. The summed E-state index contributed by atoms with van der Waals surface area (Å²) in [6.45, 7) is 0.706. The van der Waals surface area contributed by atoms with Gasteiger partial charge in [-0.3, -0.25) is 19.3 Å². The van der Waals surface area contributed by atoms with Gasteiger partial charge in [0.1, 0.15) is 0 Å². The first-order chi connectivity index (χ1) is 24.7. The lowest BCUT2D eigenvalue weighted by Gasteiger charge is -2.15. The molecule has 276 valence electrons. The van der Waals surface area contributed by atoms with Crippen LogP contribution in [-0.4, -0.2) is 25.0 Å². The van der Waals surface area contributed by atoms with Crippen LogP contribution in [0.25, 0.3) is 0 Å². The quantitative estimate of drug-likeness (QED) is 0.0488. The zero-order valence-corrected chi connectivity index (χ0v) is 34.7. The molecule has 0 aliphatic heterocycles. The highest BCUT2D eigenvalue weighted by Gasteiger charge is 2.27. The number of amides is 2. The first-order valence-electron chi connectivity index (χ1n) is 15.4. The van der Waals surface area contributed by atoms with E-state index in [2.05, 4.69) is 98.6 Å². The summed E-state index contributed by atoms with van der Waals surface area (Å²) < 4.78 is 73.2. The predicted octanol–water partition coefficient (Wildman–Crippen LogP) is 11.1. The van der Waals surface area contributed by atoms with Gasteiger partial charge in [-0.05, 0) is 163 Å². The molecule has 8 nitrogen and oxygen atoms in total. The minimum absolute atomic E-state index is 0.157. The number of rotatable bonds is 12. The van der Waals surface area contributed by atoms with Crippen molar-refractivity contribution in [3.8, 4) is 0 Å². The van der Waals surface area contributed by atoms with Gasteiger partial charge in [-0.15, -0.1) is 0 Å². The zero-order chi connectivity index (χ0) is 37.7. The lowest BCUT2D eigenvalue weighted by atomic mass is 10.1. The average Bonchev–Trinajstić information content (AvgIpc) is 4.04. The Kier molecular flexibility index (Phi) is 14.4. The van der Waals surface area contributed by atoms with Gasteiger partial charge in [-0.2, -0.15) is 0 Å². The molecule has 2 aliphatic carbocycles. The van der Waals surface area contributed by atoms with Gasteiger partial charge in [0.2, 0.25) is 0 Å². The van der Waals surface area contributed by atoms with Gasteiger partial charge >= 0.3 is 0 Å². The highest BCUT2D eigenvalue weighted by Crippen LogP contribution is 2.36. The summed E-state index contributed by atoms with van der Waals surface area (Å²) in [5.74, 6) is -7.83. The van der Waals surface area contributed by atoms with Crippen molar-refractivity contribution >= 4 is 123 Å². The normalized spacial score (nSPS) is 13.6. The third-order valence-electron chi connectivity index (χ3n) is 7.56. The molecule has 4 aromatic carbocycles. The van der Waals surface area contributed by atoms with Crippen molar-refractivity contribution in [2.75, 3.05) is 23.8 Å². The molecule has 0 heterocycles. The number of hydroxylamine groups is 2. The van der Waals surface area contributed by atoms with Crippen molar-refractivity contribution in [3.05, 3.63) is 110 Å². The van der Waals surface area contributed by atoms with Crippen LogP contribution in [0.15, 0.2) is 57.5 Å². The van der Waals surface area contributed by atoms with Crippen molar-refractivity contribution in [2.24, 2.45) is 11.8 Å². The van der Waals surface area contributed by atoms with Gasteiger partial charge in [-0.1, -0.05) is 11.6 Å². The second kappa shape index (κ2) is 18.4. The summed E-state index contributed by atoms with van der Waals surface area (Å²) in [6, 6.07) is 12.1. The maximum atomic E-state index is 14.5. The van der Waals surface area contributed by atoms with E-state index in [9.17, 15) is 31.5 Å². The number of benzene rings is 4. The van der Waals surface area contributed by atoms with E-state index in [1.165, 1.54) is 0 Å². The monoisotopic (exact) mass is 1100 g/mol. The Balaban J connectivity index is 0.000000201. The number of hydrogen-bond acceptors (Lipinski definition) is 6. The molecule has 0 saturated heterocycles. The van der Waals surface area contributed by atoms with Crippen LogP contribution in [0, 0.1) is 48.1 Å². The van der Waals surface area contributed by atoms with Crippen molar-refractivity contribution in [3.63, 3.8) is 0 Å². The van der Waals surface area contributed by atoms with Gasteiger partial charge in [0.15, 0.2) is 29.1 Å². The van der Waals surface area contributed by atoms with Crippen LogP contribution < -0.4 is 21.6 Å². The second-order valence-electron chi connectivity index (χ2n) is 11.7. The number of halogens is 10. The SMILES string of the molecule is O=C(NOCC1CC1)c1cc(Cl)c(F)c(F)c1Nc1ccc(I)cc1Br.O=C(NOCC1CC1)c1cc(F)c(F)c(F)c1Nc1ccc(I)cc1Br. The maximum Gasteiger partial charge on any atom is 0.277 e. The number of carbonyl (C=O) groups excluding carboxylic acids is 2. The van der Waals surface area contributed by atoms with Gasteiger partial charge < -0.3 is 10.6 Å². The van der Waals surface area contributed by atoms with Crippen LogP contribution in [0.1, 0.15) is 46.4 Å². The molecule has 2 aliphatic rings. The van der Waals surface area contributed by atoms with E-state index < -0.39 is 57.2 Å². The Hall–Kier alpha value is -2.30. The molecule has 0 radical (unpaired) electrons. The predicted molar refractivity (Wildman–Crippen MR) is 210 cm³/mol. The molecule has 2 amide bonds. The van der Waals surface area contributed by atoms with E-state index in [-0.39, 0.29) is 11.3 Å². The Morgan fingerprint density at radius 2 is 1.10 bits per heavy atom. The van der Waals surface area contributed by atoms with E-state index in [0.717, 1.165) is 38.9 Å². The Morgan fingerprint density at radius 3 is 1.52 bits per heavy atom. The van der Waals surface area contributed by atoms with Crippen LogP contribution in [0.3, 0.4) is 0 Å². The zero-order valence-electron chi connectivity index (χ0n) is 26.4. The molecule has 0 aromatic heterocycles. The van der Waals surface area contributed by atoms with Crippen LogP contribution in [0.2, 0.25) is 5.02 Å². The smallest absolute Gasteiger partial charge is 0.277 e. The van der Waals surface area contributed by atoms with Crippen LogP contribution >= 0.6 is 88.6 Å². The maximum absolute atomic E-state index is 14.5. The van der Waals surface area contributed by atoms with Crippen LogP contribution in [0.4, 0.5) is 44.7 Å². The van der Waals surface area contributed by atoms with E-state index in [4.69, 9.17) is 21.3 Å². The van der Waals surface area contributed by atoms with Crippen LogP contribution in [-0.2, 0) is 9.68 Å². The molecule has 2 fully saturated rings. The van der Waals surface area contributed by atoms with Gasteiger partial charge in [-0.25, -0.2) is 32.9 Å². The van der Waals surface area contributed by atoms with E-state index >= 15 is 0 Å². The summed E-state index contributed by atoms with van der Waals surface area (Å²) in [7, 11) is 0. The molecule has 52 heavy (non-hydrogen) atoms. The fourth-order valence-corrected chi connectivity index (χ4v) is 7.36. The molecule has 2 saturated carbocycles. The Labute approximate surface area is 343 Å². The summed E-state index contributed by atoms with van der Waals surface area (Å²) in [5, 5.41) is 4.92. The molecule has 0 atom stereocenters. The number of hydrogen-bond donors (Lipinski definition) is 4. The number of nitrogens with one attached hydrogen (secondary N) is 4. The largest absolute Gasteiger partial charge is 0.351 e. The molecular weight excluding hydrogens is 1070 g/mol. The van der Waals surface area contributed by atoms with E-state index in [0.29, 0.717) is 51.4 Å². The topological polar surface area (TPSA) is 101 Å². The minimum atomic E-state index is -1.66. The standard InChI is InChI=1S/C17H13BrClF2IN2O2.C17H13BrF3IN2O2/c2*18-11-5-9(22)3-4-13(11)23-16-10(6-12(19)14(20)15(16)21)17(25)24-26-7-8-1-2-8/h2*3-6,8,23H,1-2,7H2,(H,24,25). The third kappa shape index (κ3) is 10.9. The number of carbonyl (C=O) groups is 2. The molecule has 4 aromatic rings. The molecule has 0 spiro atoms. The lowest BCUT2D eigenvalue weighted by molar-refractivity contribution is 0.0268. The van der Waals surface area contributed by atoms with Crippen molar-refractivity contribution in [1.29, 1.82) is 0 Å². The van der Waals surface area contributed by atoms with E-state index in [1.807, 2.05) is 0 Å². The van der Waals surface area contributed by atoms with Gasteiger partial charge in [0, 0.05) is 16.1 Å². The van der Waals surface area contributed by atoms with Crippen molar-refractivity contribution in [1.82, 2.24) is 11.0 Å². The lowest BCUT2D eigenvalue weighted by Crippen LogP contribution is -2.26. The molecule has 0 unspecified atom stereocenters. The minimum Gasteiger partial charge on any atom is -0.351 e. The van der Waals surface area contributed by atoms with E-state index in [1.54, 1.807) is 36.4 Å². The fraction of sp³-hybridized carbons (Fsp3) is 0.235. The first-order valence-corrected chi connectivity index (χ1v) is 19.5. The molecule has 4 N–H and O–H groups in total. The fourth-order valence-electron chi connectivity index (χ4n) is 4.37. The van der Waals surface area contributed by atoms with Crippen molar-refractivity contribution < 1.29 is 41.2 Å². The van der Waals surface area contributed by atoms with Gasteiger partial charge in [0.25, 0.3) is 11.8 Å². The second-order valence-corrected chi connectivity index (χ2v) is 16.3. The van der Waals surface area contributed by atoms with Crippen molar-refractivity contribution in [2.45, 2.75) is 25.7 Å². The summed E-state index contributed by atoms with van der Waals surface area (Å²) in [4.78, 5) is 34.8. The summed E-state index contributed by atoms with van der Waals surface area (Å²) >= 11 is 16.6. The Morgan fingerprint density at radius 1 is 0.673 bits per heavy atom. The molecule has 6 rings (SSSR count). The first kappa shape index (κ1) is 40.9. The number of anilines is 4. The average molecular weight is 1100 g/mol. The van der Waals surface area contributed by atoms with Crippen LogP contribution in [0.5, 0.6) is 0 Å². The molecule has 18 heteroatoms. The van der Waals surface area contributed by atoms with Gasteiger partial charge in [0.05, 0.1) is 52.1 Å². The third-order valence-corrected chi connectivity index (χ3v) is 10.5. The molecule has 0 bridgehead atoms. The summed E-state index contributed by atoms with van der Waals surface area (Å²) in [6.07, 6.45) is 4.15. The summed E-state index contributed by atoms with van der Waals surface area (Å²) in [5.41, 5.74) is 3.91. The highest BCUT2D eigenvalue weighted by atomic mass is 127. The highest BCUT2D eigenvalue weighted by molar-refractivity contribution is 14.1.